The molecule has 0 saturated carbocycles. The lowest BCUT2D eigenvalue weighted by Crippen LogP contribution is -2.36. The maximum Gasteiger partial charge on any atom is 0.257 e. The molecule has 1 aliphatic rings. The lowest BCUT2D eigenvalue weighted by molar-refractivity contribution is 0.220. The zero-order chi connectivity index (χ0) is 12.3. The third-order valence-corrected chi connectivity index (χ3v) is 4.51. The first-order valence-corrected chi connectivity index (χ1v) is 7.23. The Labute approximate surface area is 101 Å². The number of H-pyrrole nitrogens is 1. The van der Waals surface area contributed by atoms with Gasteiger partial charge >= 0.3 is 0 Å². The molecule has 0 bridgehead atoms. The normalized spacial score (nSPS) is 19.6. The number of imidazole rings is 1. The molecule has 1 saturated heterocycles. The van der Waals surface area contributed by atoms with Gasteiger partial charge in [-0.25, -0.2) is 18.1 Å². The van der Waals surface area contributed by atoms with Gasteiger partial charge in [-0.05, 0) is 38.9 Å². The average molecular weight is 258 g/mol. The fraction of sp³-hybridized carbons (Fsp3) is 0.700. The first-order chi connectivity index (χ1) is 8.08. The highest BCUT2D eigenvalue weighted by molar-refractivity contribution is 7.89. The molecular weight excluding hydrogens is 240 g/mol. The summed E-state index contributed by atoms with van der Waals surface area (Å²) in [5.41, 5.74) is 0. The zero-order valence-electron chi connectivity index (χ0n) is 9.89. The van der Waals surface area contributed by atoms with Gasteiger partial charge in [-0.1, -0.05) is 0 Å². The van der Waals surface area contributed by atoms with Crippen LogP contribution in [0.2, 0.25) is 0 Å². The van der Waals surface area contributed by atoms with E-state index in [0.29, 0.717) is 12.5 Å². The minimum Gasteiger partial charge on any atom is -0.335 e. The van der Waals surface area contributed by atoms with Crippen molar-refractivity contribution in [1.82, 2.24) is 19.6 Å². The van der Waals surface area contributed by atoms with Crippen LogP contribution in [0.5, 0.6) is 0 Å². The number of nitrogens with one attached hydrogen (secondary N) is 2. The summed E-state index contributed by atoms with van der Waals surface area (Å²) in [6.07, 6.45) is 4.77. The van der Waals surface area contributed by atoms with E-state index in [-0.39, 0.29) is 5.03 Å². The van der Waals surface area contributed by atoms with Gasteiger partial charge in [0.05, 0.1) is 12.5 Å². The van der Waals surface area contributed by atoms with E-state index in [1.54, 1.807) is 0 Å². The summed E-state index contributed by atoms with van der Waals surface area (Å²) < 4.78 is 26.2. The molecule has 0 atom stereocenters. The van der Waals surface area contributed by atoms with Crippen molar-refractivity contribution in [3.05, 3.63) is 12.5 Å². The number of piperidine rings is 1. The Hall–Kier alpha value is -0.920. The van der Waals surface area contributed by atoms with Crippen LogP contribution >= 0.6 is 0 Å². The van der Waals surface area contributed by atoms with Crippen LogP contribution in [-0.2, 0) is 10.0 Å². The molecule has 1 fully saturated rings. The molecular formula is C10H18N4O2S. The summed E-state index contributed by atoms with van der Waals surface area (Å²) in [5.74, 6) is 0.434. The molecule has 6 nitrogen and oxygen atoms in total. The summed E-state index contributed by atoms with van der Waals surface area (Å²) in [6.45, 7) is 2.59. The molecule has 1 aromatic heterocycles. The van der Waals surface area contributed by atoms with E-state index in [1.165, 1.54) is 12.5 Å². The molecule has 7 heteroatoms. The monoisotopic (exact) mass is 258 g/mol. The van der Waals surface area contributed by atoms with Crippen LogP contribution in [-0.4, -0.2) is 50.0 Å². The Kier molecular flexibility index (Phi) is 3.80. The molecule has 0 unspecified atom stereocenters. The summed E-state index contributed by atoms with van der Waals surface area (Å²) >= 11 is 0. The number of hydrogen-bond acceptors (Lipinski definition) is 4. The van der Waals surface area contributed by atoms with Gasteiger partial charge in [0, 0.05) is 6.54 Å². The molecule has 2 heterocycles. The van der Waals surface area contributed by atoms with E-state index >= 15 is 0 Å². The summed E-state index contributed by atoms with van der Waals surface area (Å²) in [5, 5.41) is 0.130. The fourth-order valence-corrected chi connectivity index (χ4v) is 2.98. The van der Waals surface area contributed by atoms with E-state index < -0.39 is 10.0 Å². The topological polar surface area (TPSA) is 78.1 Å². The fourth-order valence-electron chi connectivity index (χ4n) is 1.96. The van der Waals surface area contributed by atoms with Gasteiger partial charge < -0.3 is 9.88 Å². The number of hydrogen-bond donors (Lipinski definition) is 2. The van der Waals surface area contributed by atoms with E-state index in [9.17, 15) is 8.42 Å². The van der Waals surface area contributed by atoms with Crippen LogP contribution in [0.4, 0.5) is 0 Å². The Morgan fingerprint density at radius 1 is 1.53 bits per heavy atom. The highest BCUT2D eigenvalue weighted by Gasteiger charge is 2.20. The first kappa shape index (κ1) is 12.5. The Bertz CT molecular complexity index is 435. The van der Waals surface area contributed by atoms with Crippen LogP contribution in [0, 0.1) is 5.92 Å². The van der Waals surface area contributed by atoms with Crippen molar-refractivity contribution in [1.29, 1.82) is 0 Å². The van der Waals surface area contributed by atoms with Crippen LogP contribution in [0.15, 0.2) is 17.6 Å². The lowest BCUT2D eigenvalue weighted by atomic mass is 9.98. The van der Waals surface area contributed by atoms with Crippen LogP contribution < -0.4 is 4.72 Å². The quantitative estimate of drug-likeness (QED) is 0.798. The third kappa shape index (κ3) is 3.27. The second-order valence-electron chi connectivity index (χ2n) is 4.51. The van der Waals surface area contributed by atoms with E-state index in [2.05, 4.69) is 26.6 Å². The number of likely N-dealkylation sites (tertiary alicyclic amines) is 1. The van der Waals surface area contributed by atoms with E-state index in [1.807, 2.05) is 0 Å². The van der Waals surface area contributed by atoms with Crippen LogP contribution in [0.1, 0.15) is 12.8 Å². The second-order valence-corrected chi connectivity index (χ2v) is 6.25. The number of rotatable bonds is 4. The molecule has 0 aromatic carbocycles. The smallest absolute Gasteiger partial charge is 0.257 e. The number of nitrogens with zero attached hydrogens (tertiary/aromatic N) is 2. The third-order valence-electron chi connectivity index (χ3n) is 3.16. The van der Waals surface area contributed by atoms with Crippen molar-refractivity contribution in [3.63, 3.8) is 0 Å². The predicted molar refractivity (Wildman–Crippen MR) is 64.0 cm³/mol. The number of aromatic amines is 1. The molecule has 17 heavy (non-hydrogen) atoms. The second kappa shape index (κ2) is 5.16. The van der Waals surface area contributed by atoms with E-state index in [4.69, 9.17) is 0 Å². The Balaban J connectivity index is 1.86. The molecule has 96 valence electrons. The van der Waals surface area contributed by atoms with Gasteiger partial charge in [0.15, 0.2) is 5.03 Å². The molecule has 2 N–H and O–H groups in total. The number of sulfonamides is 1. The van der Waals surface area contributed by atoms with Crippen molar-refractivity contribution in [2.75, 3.05) is 26.7 Å². The maximum atomic E-state index is 11.8. The lowest BCUT2D eigenvalue weighted by Gasteiger charge is -2.28. The molecule has 0 amide bonds. The molecule has 1 aliphatic heterocycles. The highest BCUT2D eigenvalue weighted by atomic mass is 32.2. The molecule has 0 spiro atoms. The van der Waals surface area contributed by atoms with Gasteiger partial charge in [0.2, 0.25) is 0 Å². The first-order valence-electron chi connectivity index (χ1n) is 5.74. The molecule has 0 aliphatic carbocycles. The van der Waals surface area contributed by atoms with Crippen molar-refractivity contribution in [2.24, 2.45) is 5.92 Å². The van der Waals surface area contributed by atoms with E-state index in [0.717, 1.165) is 25.9 Å². The van der Waals surface area contributed by atoms with Gasteiger partial charge in [0.25, 0.3) is 10.0 Å². The van der Waals surface area contributed by atoms with Crippen LogP contribution in [0.25, 0.3) is 0 Å². The van der Waals surface area contributed by atoms with Gasteiger partial charge in [0.1, 0.15) is 0 Å². The van der Waals surface area contributed by atoms with Gasteiger partial charge in [-0.2, -0.15) is 0 Å². The van der Waals surface area contributed by atoms with Crippen LogP contribution in [0.3, 0.4) is 0 Å². The van der Waals surface area contributed by atoms with Gasteiger partial charge in [-0.15, -0.1) is 0 Å². The Morgan fingerprint density at radius 2 is 2.24 bits per heavy atom. The Morgan fingerprint density at radius 3 is 2.82 bits per heavy atom. The van der Waals surface area contributed by atoms with Crippen molar-refractivity contribution in [3.8, 4) is 0 Å². The summed E-state index contributed by atoms with van der Waals surface area (Å²) in [7, 11) is -1.32. The minimum atomic E-state index is -3.41. The summed E-state index contributed by atoms with van der Waals surface area (Å²) in [6, 6.07) is 0. The number of aromatic nitrogens is 2. The predicted octanol–water partition coefficient (Wildman–Crippen LogP) is 0.0298. The van der Waals surface area contributed by atoms with Crippen molar-refractivity contribution < 1.29 is 8.42 Å². The zero-order valence-corrected chi connectivity index (χ0v) is 10.7. The average Bonchev–Trinajstić information content (AvgIpc) is 2.82. The van der Waals surface area contributed by atoms with Crippen molar-refractivity contribution >= 4 is 10.0 Å². The SMILES string of the molecule is CN1CCC(CNS(=O)(=O)c2cnc[nH]2)CC1. The molecule has 1 aromatic rings. The van der Waals surface area contributed by atoms with Crippen molar-refractivity contribution in [2.45, 2.75) is 17.9 Å². The largest absolute Gasteiger partial charge is 0.335 e. The summed E-state index contributed by atoms with van der Waals surface area (Å²) in [4.78, 5) is 8.58. The minimum absolute atomic E-state index is 0.130. The molecule has 0 radical (unpaired) electrons. The molecule has 2 rings (SSSR count). The highest BCUT2D eigenvalue weighted by Crippen LogP contribution is 2.15. The van der Waals surface area contributed by atoms with Gasteiger partial charge in [-0.3, -0.25) is 0 Å². The maximum absolute atomic E-state index is 11.8. The standard InChI is InChI=1S/C10H18N4O2S/c1-14-4-2-9(3-5-14)6-13-17(15,16)10-7-11-8-12-10/h7-9,13H,2-6H2,1H3,(H,11,12).